The molecule has 0 saturated heterocycles. The molecular weight excluding hydrogens is 332 g/mol. The van der Waals surface area contributed by atoms with Gasteiger partial charge in [-0.25, -0.2) is 5.43 Å². The van der Waals surface area contributed by atoms with Crippen LogP contribution in [0.3, 0.4) is 0 Å². The summed E-state index contributed by atoms with van der Waals surface area (Å²) in [5.74, 6) is 1.52. The van der Waals surface area contributed by atoms with Crippen LogP contribution in [0, 0.1) is 0 Å². The molecule has 2 aromatic rings. The fourth-order valence-corrected chi connectivity index (χ4v) is 2.02. The molecule has 1 N–H and O–H groups in total. The molecule has 2 aromatic carbocycles. The third-order valence-corrected chi connectivity index (χ3v) is 3.14. The van der Waals surface area contributed by atoms with Crippen molar-refractivity contribution in [1.82, 2.24) is 5.43 Å². The molecule has 0 aliphatic rings. The second-order valence-electron chi connectivity index (χ2n) is 5.13. The number of hydrogen-bond donors (Lipinski definition) is 1. The van der Waals surface area contributed by atoms with Gasteiger partial charge in [0, 0.05) is 0 Å². The fraction of sp³-hybridized carbons (Fsp3) is 0.200. The van der Waals surface area contributed by atoms with E-state index in [1.165, 1.54) is 6.21 Å². The van der Waals surface area contributed by atoms with E-state index >= 15 is 0 Å². The van der Waals surface area contributed by atoms with Crippen LogP contribution < -0.4 is 19.6 Å². The highest BCUT2D eigenvalue weighted by atomic mass is 16.5. The SMILES string of the molecule is C=CCOc1ccc(/C=N\NC(=O)COc2ccccc2)cc1OCC. The molecule has 6 nitrogen and oxygen atoms in total. The standard InChI is InChI=1S/C20H22N2O4/c1-3-12-25-18-11-10-16(13-19(18)24-4-2)14-21-22-20(23)15-26-17-8-6-5-7-9-17/h3,5-11,13-14H,1,4,12,15H2,2H3,(H,22,23)/b21-14-. The Labute approximate surface area is 153 Å². The van der Waals surface area contributed by atoms with Crippen LogP contribution in [0.25, 0.3) is 0 Å². The quantitative estimate of drug-likeness (QED) is 0.404. The van der Waals surface area contributed by atoms with E-state index in [2.05, 4.69) is 17.1 Å². The molecule has 0 atom stereocenters. The lowest BCUT2D eigenvalue weighted by Crippen LogP contribution is -2.24. The van der Waals surface area contributed by atoms with Crippen LogP contribution >= 0.6 is 0 Å². The van der Waals surface area contributed by atoms with E-state index in [0.29, 0.717) is 30.5 Å². The van der Waals surface area contributed by atoms with E-state index in [9.17, 15) is 4.79 Å². The molecule has 1 amide bonds. The van der Waals surface area contributed by atoms with E-state index in [1.807, 2.05) is 31.2 Å². The minimum atomic E-state index is -0.346. The van der Waals surface area contributed by atoms with Gasteiger partial charge >= 0.3 is 0 Å². The Hall–Kier alpha value is -3.28. The van der Waals surface area contributed by atoms with E-state index in [0.717, 1.165) is 5.56 Å². The molecule has 0 spiro atoms. The minimum absolute atomic E-state index is 0.111. The average molecular weight is 354 g/mol. The van der Waals surface area contributed by atoms with Crippen molar-refractivity contribution < 1.29 is 19.0 Å². The van der Waals surface area contributed by atoms with Crippen molar-refractivity contribution in [2.24, 2.45) is 5.10 Å². The molecule has 0 unspecified atom stereocenters. The summed E-state index contributed by atoms with van der Waals surface area (Å²) >= 11 is 0. The number of rotatable bonds is 10. The van der Waals surface area contributed by atoms with Gasteiger partial charge in [-0.2, -0.15) is 5.10 Å². The van der Waals surface area contributed by atoms with Gasteiger partial charge in [0.25, 0.3) is 5.91 Å². The first-order valence-corrected chi connectivity index (χ1v) is 8.23. The Morgan fingerprint density at radius 3 is 2.65 bits per heavy atom. The summed E-state index contributed by atoms with van der Waals surface area (Å²) < 4.78 is 16.4. The van der Waals surface area contributed by atoms with Gasteiger partial charge in [0.2, 0.25) is 0 Å². The van der Waals surface area contributed by atoms with Gasteiger partial charge in [0.1, 0.15) is 12.4 Å². The van der Waals surface area contributed by atoms with E-state index < -0.39 is 0 Å². The van der Waals surface area contributed by atoms with Gasteiger partial charge in [-0.05, 0) is 42.8 Å². The van der Waals surface area contributed by atoms with Crippen molar-refractivity contribution in [2.75, 3.05) is 19.8 Å². The molecule has 0 bridgehead atoms. The second-order valence-corrected chi connectivity index (χ2v) is 5.13. The molecule has 2 rings (SSSR count). The van der Waals surface area contributed by atoms with Gasteiger partial charge in [0.15, 0.2) is 18.1 Å². The number of benzene rings is 2. The molecule has 0 radical (unpaired) electrons. The molecule has 136 valence electrons. The first kappa shape index (κ1) is 19.1. The highest BCUT2D eigenvalue weighted by Crippen LogP contribution is 2.28. The minimum Gasteiger partial charge on any atom is -0.490 e. The molecule has 0 aliphatic heterocycles. The van der Waals surface area contributed by atoms with Gasteiger partial charge in [0.05, 0.1) is 12.8 Å². The Balaban J connectivity index is 1.89. The predicted octanol–water partition coefficient (Wildman–Crippen LogP) is 3.18. The van der Waals surface area contributed by atoms with Crippen LogP contribution in [0.2, 0.25) is 0 Å². The second kappa shape index (κ2) is 10.6. The number of hydrogen-bond acceptors (Lipinski definition) is 5. The first-order valence-electron chi connectivity index (χ1n) is 8.23. The Bertz CT molecular complexity index is 745. The molecule has 0 heterocycles. The number of carbonyl (C=O) groups excluding carboxylic acids is 1. The van der Waals surface area contributed by atoms with Crippen LogP contribution in [0.1, 0.15) is 12.5 Å². The van der Waals surface area contributed by atoms with Crippen LogP contribution in [0.5, 0.6) is 17.2 Å². The fourth-order valence-electron chi connectivity index (χ4n) is 2.02. The van der Waals surface area contributed by atoms with Crippen LogP contribution in [0.4, 0.5) is 0 Å². The number of ether oxygens (including phenoxy) is 3. The summed E-state index contributed by atoms with van der Waals surface area (Å²) in [6, 6.07) is 14.5. The maximum atomic E-state index is 11.7. The molecule has 0 aromatic heterocycles. The van der Waals surface area contributed by atoms with Crippen molar-refractivity contribution in [1.29, 1.82) is 0 Å². The number of carbonyl (C=O) groups is 1. The summed E-state index contributed by atoms with van der Waals surface area (Å²) in [5.41, 5.74) is 3.19. The number of nitrogens with one attached hydrogen (secondary N) is 1. The van der Waals surface area contributed by atoms with Gasteiger partial charge < -0.3 is 14.2 Å². The lowest BCUT2D eigenvalue weighted by molar-refractivity contribution is -0.123. The highest BCUT2D eigenvalue weighted by molar-refractivity contribution is 5.83. The normalized spacial score (nSPS) is 10.3. The number of nitrogens with zero attached hydrogens (tertiary/aromatic N) is 1. The summed E-state index contributed by atoms with van der Waals surface area (Å²) in [6.07, 6.45) is 3.19. The summed E-state index contributed by atoms with van der Waals surface area (Å²) in [7, 11) is 0. The number of para-hydroxylation sites is 1. The number of hydrazone groups is 1. The topological polar surface area (TPSA) is 69.2 Å². The van der Waals surface area contributed by atoms with E-state index in [-0.39, 0.29) is 12.5 Å². The Morgan fingerprint density at radius 2 is 1.92 bits per heavy atom. The van der Waals surface area contributed by atoms with Crippen molar-refractivity contribution in [3.05, 3.63) is 66.7 Å². The monoisotopic (exact) mass is 354 g/mol. The largest absolute Gasteiger partial charge is 0.490 e. The summed E-state index contributed by atoms with van der Waals surface area (Å²) in [4.78, 5) is 11.7. The smallest absolute Gasteiger partial charge is 0.277 e. The Morgan fingerprint density at radius 1 is 1.12 bits per heavy atom. The zero-order valence-corrected chi connectivity index (χ0v) is 14.7. The lowest BCUT2D eigenvalue weighted by atomic mass is 10.2. The molecular formula is C20H22N2O4. The lowest BCUT2D eigenvalue weighted by Gasteiger charge is -2.11. The first-order chi connectivity index (χ1) is 12.7. The van der Waals surface area contributed by atoms with Crippen molar-refractivity contribution in [3.8, 4) is 17.2 Å². The maximum Gasteiger partial charge on any atom is 0.277 e. The zero-order chi connectivity index (χ0) is 18.6. The third kappa shape index (κ3) is 6.32. The van der Waals surface area contributed by atoms with Crippen LogP contribution in [-0.2, 0) is 4.79 Å². The predicted molar refractivity (Wildman–Crippen MR) is 101 cm³/mol. The van der Waals surface area contributed by atoms with Crippen molar-refractivity contribution in [3.63, 3.8) is 0 Å². The van der Waals surface area contributed by atoms with E-state index in [1.54, 1.807) is 30.3 Å². The van der Waals surface area contributed by atoms with Crippen molar-refractivity contribution >= 4 is 12.1 Å². The average Bonchev–Trinajstić information content (AvgIpc) is 2.67. The van der Waals surface area contributed by atoms with Crippen LogP contribution in [-0.4, -0.2) is 31.9 Å². The summed E-state index contributed by atoms with van der Waals surface area (Å²) in [6.45, 7) is 6.31. The van der Waals surface area contributed by atoms with Crippen molar-refractivity contribution in [2.45, 2.75) is 6.92 Å². The number of amides is 1. The molecule has 26 heavy (non-hydrogen) atoms. The molecule has 6 heteroatoms. The summed E-state index contributed by atoms with van der Waals surface area (Å²) in [5, 5.41) is 3.93. The van der Waals surface area contributed by atoms with Gasteiger partial charge in [-0.15, -0.1) is 0 Å². The van der Waals surface area contributed by atoms with Gasteiger partial charge in [-0.3, -0.25) is 4.79 Å². The Kier molecular flexibility index (Phi) is 7.74. The molecule has 0 saturated carbocycles. The molecule has 0 fully saturated rings. The third-order valence-electron chi connectivity index (χ3n) is 3.14. The molecule has 0 aliphatic carbocycles. The highest BCUT2D eigenvalue weighted by Gasteiger charge is 2.05. The van der Waals surface area contributed by atoms with E-state index in [4.69, 9.17) is 14.2 Å². The maximum absolute atomic E-state index is 11.7. The van der Waals surface area contributed by atoms with Crippen LogP contribution in [0.15, 0.2) is 66.3 Å². The zero-order valence-electron chi connectivity index (χ0n) is 14.7. The van der Waals surface area contributed by atoms with Gasteiger partial charge in [-0.1, -0.05) is 30.9 Å².